The molecule has 0 aliphatic carbocycles. The van der Waals surface area contributed by atoms with E-state index < -0.39 is 0 Å². The summed E-state index contributed by atoms with van der Waals surface area (Å²) in [6.45, 7) is 1.97. The Kier molecular flexibility index (Phi) is 3.96. The summed E-state index contributed by atoms with van der Waals surface area (Å²) < 4.78 is 5.18. The Morgan fingerprint density at radius 1 is 1.09 bits per heavy atom. The molecule has 0 atom stereocenters. The minimum absolute atomic E-state index is 0.139. The maximum Gasteiger partial charge on any atom is 0.257 e. The van der Waals surface area contributed by atoms with Crippen molar-refractivity contribution in [2.75, 3.05) is 5.32 Å². The second-order valence-electron chi connectivity index (χ2n) is 4.77. The standard InChI is InChI=1S/C17H15N3O2/c1-2-15-19-17(22-20-15)13-8-10-14(11-9-13)18-16(21)12-6-4-3-5-7-12/h3-11H,2H2,1H3,(H,18,21). The second kappa shape index (κ2) is 6.22. The largest absolute Gasteiger partial charge is 0.334 e. The van der Waals surface area contributed by atoms with Gasteiger partial charge in [0.25, 0.3) is 11.8 Å². The van der Waals surface area contributed by atoms with Crippen molar-refractivity contribution < 1.29 is 9.32 Å². The topological polar surface area (TPSA) is 68.0 Å². The fourth-order valence-corrected chi connectivity index (χ4v) is 2.00. The third-order valence-electron chi connectivity index (χ3n) is 3.21. The van der Waals surface area contributed by atoms with Gasteiger partial charge in [-0.05, 0) is 36.4 Å². The van der Waals surface area contributed by atoms with E-state index >= 15 is 0 Å². The minimum atomic E-state index is -0.139. The molecule has 0 aliphatic rings. The van der Waals surface area contributed by atoms with Gasteiger partial charge in [-0.1, -0.05) is 30.3 Å². The van der Waals surface area contributed by atoms with Crippen LogP contribution in [-0.2, 0) is 6.42 Å². The average molecular weight is 293 g/mol. The number of amides is 1. The molecule has 1 aromatic heterocycles. The van der Waals surface area contributed by atoms with E-state index in [1.807, 2.05) is 49.4 Å². The lowest BCUT2D eigenvalue weighted by Gasteiger charge is -2.05. The number of carbonyl (C=O) groups is 1. The average Bonchev–Trinajstić information content (AvgIpc) is 3.05. The van der Waals surface area contributed by atoms with E-state index in [1.54, 1.807) is 12.1 Å². The van der Waals surface area contributed by atoms with E-state index in [0.29, 0.717) is 23.0 Å². The number of hydrogen-bond acceptors (Lipinski definition) is 4. The predicted octanol–water partition coefficient (Wildman–Crippen LogP) is 3.55. The number of carbonyl (C=O) groups excluding carboxylic acids is 1. The van der Waals surface area contributed by atoms with Crippen molar-refractivity contribution in [3.05, 3.63) is 66.0 Å². The number of benzene rings is 2. The summed E-state index contributed by atoms with van der Waals surface area (Å²) in [5, 5.41) is 6.71. The first-order valence-corrected chi connectivity index (χ1v) is 7.05. The van der Waals surface area contributed by atoms with Gasteiger partial charge in [-0.2, -0.15) is 4.98 Å². The van der Waals surface area contributed by atoms with Gasteiger partial charge in [0.05, 0.1) is 0 Å². The molecule has 0 saturated heterocycles. The van der Waals surface area contributed by atoms with Crippen LogP contribution < -0.4 is 5.32 Å². The summed E-state index contributed by atoms with van der Waals surface area (Å²) in [5.41, 5.74) is 2.16. The number of aryl methyl sites for hydroxylation is 1. The molecule has 0 saturated carbocycles. The molecule has 0 bridgehead atoms. The van der Waals surface area contributed by atoms with Crippen LogP contribution in [0.4, 0.5) is 5.69 Å². The SMILES string of the molecule is CCc1noc(-c2ccc(NC(=O)c3ccccc3)cc2)n1. The smallest absolute Gasteiger partial charge is 0.257 e. The Morgan fingerprint density at radius 2 is 1.82 bits per heavy atom. The molecule has 5 nitrogen and oxygen atoms in total. The van der Waals surface area contributed by atoms with E-state index in [0.717, 1.165) is 12.0 Å². The van der Waals surface area contributed by atoms with Gasteiger partial charge in [0.15, 0.2) is 5.82 Å². The Balaban J connectivity index is 1.73. The number of nitrogens with one attached hydrogen (secondary N) is 1. The van der Waals surface area contributed by atoms with Crippen LogP contribution in [0.2, 0.25) is 0 Å². The molecule has 1 heterocycles. The van der Waals surface area contributed by atoms with E-state index in [4.69, 9.17) is 4.52 Å². The highest BCUT2D eigenvalue weighted by Crippen LogP contribution is 2.20. The lowest BCUT2D eigenvalue weighted by Crippen LogP contribution is -2.11. The summed E-state index contributed by atoms with van der Waals surface area (Å²) in [5.74, 6) is 1.02. The molecule has 22 heavy (non-hydrogen) atoms. The molecule has 0 radical (unpaired) electrons. The van der Waals surface area contributed by atoms with Gasteiger partial charge >= 0.3 is 0 Å². The quantitative estimate of drug-likeness (QED) is 0.798. The van der Waals surface area contributed by atoms with Crippen LogP contribution in [0.15, 0.2) is 59.1 Å². The van der Waals surface area contributed by atoms with Gasteiger partial charge in [0.1, 0.15) is 0 Å². The lowest BCUT2D eigenvalue weighted by atomic mass is 10.2. The maximum atomic E-state index is 12.1. The zero-order valence-corrected chi connectivity index (χ0v) is 12.1. The van der Waals surface area contributed by atoms with Crippen LogP contribution in [0.25, 0.3) is 11.5 Å². The third-order valence-corrected chi connectivity index (χ3v) is 3.21. The molecule has 0 fully saturated rings. The Labute approximate surface area is 128 Å². The number of anilines is 1. The maximum absolute atomic E-state index is 12.1. The molecule has 3 aromatic rings. The molecule has 1 amide bonds. The first kappa shape index (κ1) is 14.0. The molecule has 5 heteroatoms. The first-order chi connectivity index (χ1) is 10.8. The summed E-state index contributed by atoms with van der Waals surface area (Å²) >= 11 is 0. The molecule has 0 spiro atoms. The van der Waals surface area contributed by atoms with Crippen LogP contribution in [0.5, 0.6) is 0 Å². The summed E-state index contributed by atoms with van der Waals surface area (Å²) in [6, 6.07) is 16.4. The van der Waals surface area contributed by atoms with Crippen LogP contribution in [-0.4, -0.2) is 16.0 Å². The molecule has 0 aliphatic heterocycles. The third kappa shape index (κ3) is 3.03. The Hall–Kier alpha value is -2.95. The highest BCUT2D eigenvalue weighted by molar-refractivity contribution is 6.04. The first-order valence-electron chi connectivity index (χ1n) is 7.05. The molecule has 1 N–H and O–H groups in total. The van der Waals surface area contributed by atoms with Gasteiger partial charge in [-0.25, -0.2) is 0 Å². The van der Waals surface area contributed by atoms with Gasteiger partial charge in [0.2, 0.25) is 0 Å². The van der Waals surface area contributed by atoms with E-state index in [1.165, 1.54) is 0 Å². The van der Waals surface area contributed by atoms with E-state index in [9.17, 15) is 4.79 Å². The Morgan fingerprint density at radius 3 is 2.45 bits per heavy atom. The fourth-order valence-electron chi connectivity index (χ4n) is 2.00. The zero-order chi connectivity index (χ0) is 15.4. The number of nitrogens with zero attached hydrogens (tertiary/aromatic N) is 2. The zero-order valence-electron chi connectivity index (χ0n) is 12.1. The van der Waals surface area contributed by atoms with Crippen molar-refractivity contribution in [2.45, 2.75) is 13.3 Å². The van der Waals surface area contributed by atoms with Crippen molar-refractivity contribution in [1.82, 2.24) is 10.1 Å². The van der Waals surface area contributed by atoms with Gasteiger partial charge in [0, 0.05) is 23.2 Å². The predicted molar refractivity (Wildman–Crippen MR) is 83.5 cm³/mol. The monoisotopic (exact) mass is 293 g/mol. The van der Waals surface area contributed by atoms with Crippen LogP contribution in [0.1, 0.15) is 23.1 Å². The van der Waals surface area contributed by atoms with Crippen molar-refractivity contribution in [2.24, 2.45) is 0 Å². The molecular weight excluding hydrogens is 278 g/mol. The van der Waals surface area contributed by atoms with Crippen molar-refractivity contribution in [3.8, 4) is 11.5 Å². The Bertz CT molecular complexity index is 764. The second-order valence-corrected chi connectivity index (χ2v) is 4.77. The van der Waals surface area contributed by atoms with Crippen molar-refractivity contribution >= 4 is 11.6 Å². The van der Waals surface area contributed by atoms with Crippen LogP contribution in [0, 0.1) is 0 Å². The van der Waals surface area contributed by atoms with Crippen LogP contribution in [0.3, 0.4) is 0 Å². The lowest BCUT2D eigenvalue weighted by molar-refractivity contribution is 0.102. The minimum Gasteiger partial charge on any atom is -0.334 e. The highest BCUT2D eigenvalue weighted by atomic mass is 16.5. The summed E-state index contributed by atoms with van der Waals surface area (Å²) in [7, 11) is 0. The number of aromatic nitrogens is 2. The molecular formula is C17H15N3O2. The van der Waals surface area contributed by atoms with Crippen LogP contribution >= 0.6 is 0 Å². The normalized spacial score (nSPS) is 10.4. The number of rotatable bonds is 4. The molecule has 3 rings (SSSR count). The van der Waals surface area contributed by atoms with Gasteiger partial charge < -0.3 is 9.84 Å². The summed E-state index contributed by atoms with van der Waals surface area (Å²) in [4.78, 5) is 16.3. The summed E-state index contributed by atoms with van der Waals surface area (Å²) in [6.07, 6.45) is 0.731. The van der Waals surface area contributed by atoms with Gasteiger partial charge in [-0.15, -0.1) is 0 Å². The highest BCUT2D eigenvalue weighted by Gasteiger charge is 2.09. The molecule has 0 unspecified atom stereocenters. The van der Waals surface area contributed by atoms with Gasteiger partial charge in [-0.3, -0.25) is 4.79 Å². The van der Waals surface area contributed by atoms with E-state index in [2.05, 4.69) is 15.5 Å². The fraction of sp³-hybridized carbons (Fsp3) is 0.118. The molecule has 2 aromatic carbocycles. The number of hydrogen-bond donors (Lipinski definition) is 1. The van der Waals surface area contributed by atoms with Crippen molar-refractivity contribution in [3.63, 3.8) is 0 Å². The van der Waals surface area contributed by atoms with E-state index in [-0.39, 0.29) is 5.91 Å². The molecule has 110 valence electrons. The van der Waals surface area contributed by atoms with Crippen molar-refractivity contribution in [1.29, 1.82) is 0 Å².